The first kappa shape index (κ1) is 26.3. The molecule has 0 fully saturated rings. The molecule has 3 N–H and O–H groups in total. The quantitative estimate of drug-likeness (QED) is 0.188. The van der Waals surface area contributed by atoms with Crippen molar-refractivity contribution in [2.45, 2.75) is 20.3 Å². The number of ether oxygens (including phenoxy) is 3. The summed E-state index contributed by atoms with van der Waals surface area (Å²) in [6.07, 6.45) is 1.97. The second-order valence-electron chi connectivity index (χ2n) is 7.09. The zero-order valence-electron chi connectivity index (χ0n) is 19.6. The highest BCUT2D eigenvalue weighted by molar-refractivity contribution is 6.35. The molecule has 0 aromatic heterocycles. The highest BCUT2D eigenvalue weighted by atomic mass is 16.5. The lowest BCUT2D eigenvalue weighted by atomic mass is 10.2. The Morgan fingerprint density at radius 3 is 2.56 bits per heavy atom. The molecule has 0 unspecified atom stereocenters. The van der Waals surface area contributed by atoms with Crippen LogP contribution in [0.5, 0.6) is 11.5 Å². The van der Waals surface area contributed by atoms with Gasteiger partial charge in [-0.05, 0) is 55.7 Å². The predicted octanol–water partition coefficient (Wildman–Crippen LogP) is 2.01. The van der Waals surface area contributed by atoms with Crippen molar-refractivity contribution >= 4 is 29.6 Å². The number of carbonyl (C=O) groups excluding carboxylic acids is 3. The standard InChI is InChI=1S/C24H30N4O6/c1-4-33-21-14-18(15-26-28-24(31)23(30)25-12-7-13-32-3)10-11-20(21)34-16-22(29)27-19-9-6-5-8-17(19)2/h5-6,8-11,14-15H,4,7,12-13,16H2,1-3H3,(H,25,30)(H,27,29)(H,28,31)/b26-15-. The van der Waals surface area contributed by atoms with Crippen LogP contribution < -0.4 is 25.5 Å². The molecule has 0 aliphatic rings. The van der Waals surface area contributed by atoms with Crippen LogP contribution in [0.3, 0.4) is 0 Å². The molecule has 0 spiro atoms. The molecule has 0 aliphatic heterocycles. The van der Waals surface area contributed by atoms with Crippen LogP contribution in [-0.2, 0) is 19.1 Å². The number of nitrogens with one attached hydrogen (secondary N) is 3. The maximum Gasteiger partial charge on any atom is 0.329 e. The van der Waals surface area contributed by atoms with E-state index in [4.69, 9.17) is 14.2 Å². The molecular weight excluding hydrogens is 440 g/mol. The number of methoxy groups -OCH3 is 1. The molecule has 2 aromatic carbocycles. The van der Waals surface area contributed by atoms with E-state index in [0.717, 1.165) is 11.3 Å². The second-order valence-corrected chi connectivity index (χ2v) is 7.09. The van der Waals surface area contributed by atoms with Gasteiger partial charge in [0.15, 0.2) is 18.1 Å². The summed E-state index contributed by atoms with van der Waals surface area (Å²) in [4.78, 5) is 35.7. The molecule has 0 aliphatic carbocycles. The molecule has 0 bridgehead atoms. The highest BCUT2D eigenvalue weighted by Crippen LogP contribution is 2.28. The summed E-state index contributed by atoms with van der Waals surface area (Å²) >= 11 is 0. The van der Waals surface area contributed by atoms with Crippen molar-refractivity contribution in [1.29, 1.82) is 0 Å². The number of amides is 3. The van der Waals surface area contributed by atoms with Crippen molar-refractivity contribution in [1.82, 2.24) is 10.7 Å². The number of benzene rings is 2. The Labute approximate surface area is 198 Å². The van der Waals surface area contributed by atoms with Gasteiger partial charge in [0.05, 0.1) is 12.8 Å². The van der Waals surface area contributed by atoms with Gasteiger partial charge in [-0.2, -0.15) is 5.10 Å². The van der Waals surface area contributed by atoms with Gasteiger partial charge in [-0.15, -0.1) is 0 Å². The number of aryl methyl sites for hydroxylation is 1. The van der Waals surface area contributed by atoms with Gasteiger partial charge in [0.25, 0.3) is 5.91 Å². The summed E-state index contributed by atoms with van der Waals surface area (Å²) in [5, 5.41) is 9.07. The van der Waals surface area contributed by atoms with E-state index in [1.165, 1.54) is 6.21 Å². The lowest BCUT2D eigenvalue weighted by molar-refractivity contribution is -0.139. The average Bonchev–Trinajstić information content (AvgIpc) is 2.82. The maximum absolute atomic E-state index is 12.3. The van der Waals surface area contributed by atoms with Crippen molar-refractivity contribution in [3.8, 4) is 11.5 Å². The monoisotopic (exact) mass is 470 g/mol. The van der Waals surface area contributed by atoms with Gasteiger partial charge in [-0.3, -0.25) is 14.4 Å². The summed E-state index contributed by atoms with van der Waals surface area (Å²) in [7, 11) is 1.56. The summed E-state index contributed by atoms with van der Waals surface area (Å²) in [5.74, 6) is -1.16. The van der Waals surface area contributed by atoms with E-state index in [1.807, 2.05) is 38.1 Å². The number of hydrogen-bond donors (Lipinski definition) is 3. The van der Waals surface area contributed by atoms with Gasteiger partial charge in [-0.25, -0.2) is 5.43 Å². The SMILES string of the molecule is CCOc1cc(/C=N\NC(=O)C(=O)NCCCOC)ccc1OCC(=O)Nc1ccccc1C. The van der Waals surface area contributed by atoms with E-state index < -0.39 is 11.8 Å². The van der Waals surface area contributed by atoms with Gasteiger partial charge in [0.2, 0.25) is 0 Å². The van der Waals surface area contributed by atoms with Crippen LogP contribution in [0.15, 0.2) is 47.6 Å². The van der Waals surface area contributed by atoms with Gasteiger partial charge in [0, 0.05) is 25.9 Å². The first-order chi connectivity index (χ1) is 16.4. The molecule has 182 valence electrons. The molecule has 10 nitrogen and oxygen atoms in total. The van der Waals surface area contributed by atoms with Gasteiger partial charge in [-0.1, -0.05) is 18.2 Å². The Hall–Kier alpha value is -3.92. The van der Waals surface area contributed by atoms with Crippen LogP contribution in [0.4, 0.5) is 5.69 Å². The third-order valence-corrected chi connectivity index (χ3v) is 4.44. The van der Waals surface area contributed by atoms with Crippen molar-refractivity contribution in [3.05, 3.63) is 53.6 Å². The molecule has 0 radical (unpaired) electrons. The average molecular weight is 471 g/mol. The van der Waals surface area contributed by atoms with Crippen LogP contribution in [0.25, 0.3) is 0 Å². The maximum atomic E-state index is 12.3. The predicted molar refractivity (Wildman–Crippen MR) is 128 cm³/mol. The number of carbonyl (C=O) groups is 3. The van der Waals surface area contributed by atoms with Crippen molar-refractivity contribution in [2.75, 3.05) is 38.8 Å². The van der Waals surface area contributed by atoms with E-state index in [-0.39, 0.29) is 12.5 Å². The molecule has 10 heteroatoms. The minimum atomic E-state index is -0.877. The zero-order valence-corrected chi connectivity index (χ0v) is 19.6. The van der Waals surface area contributed by atoms with Crippen LogP contribution in [0.2, 0.25) is 0 Å². The molecule has 0 heterocycles. The summed E-state index contributed by atoms with van der Waals surface area (Å²) in [6, 6.07) is 12.4. The largest absolute Gasteiger partial charge is 0.490 e. The van der Waals surface area contributed by atoms with Gasteiger partial charge in [0.1, 0.15) is 0 Å². The van der Waals surface area contributed by atoms with E-state index in [0.29, 0.717) is 43.2 Å². The third-order valence-electron chi connectivity index (χ3n) is 4.44. The van der Waals surface area contributed by atoms with Gasteiger partial charge >= 0.3 is 11.8 Å². The molecule has 2 aromatic rings. The fourth-order valence-electron chi connectivity index (χ4n) is 2.75. The molecule has 34 heavy (non-hydrogen) atoms. The Kier molecular flexibility index (Phi) is 11.1. The zero-order chi connectivity index (χ0) is 24.8. The summed E-state index contributed by atoms with van der Waals surface area (Å²) in [6.45, 7) is 4.72. The minimum absolute atomic E-state index is 0.197. The highest BCUT2D eigenvalue weighted by Gasteiger charge is 2.12. The van der Waals surface area contributed by atoms with Crippen molar-refractivity contribution in [3.63, 3.8) is 0 Å². The Balaban J connectivity index is 1.91. The van der Waals surface area contributed by atoms with Crippen LogP contribution in [0, 0.1) is 6.92 Å². The Morgan fingerprint density at radius 1 is 1.03 bits per heavy atom. The Bertz CT molecular complexity index is 1010. The normalized spacial score (nSPS) is 10.6. The third kappa shape index (κ3) is 8.91. The molecule has 0 saturated carbocycles. The fraction of sp³-hybridized carbons (Fsp3) is 0.333. The lowest BCUT2D eigenvalue weighted by Crippen LogP contribution is -2.38. The minimum Gasteiger partial charge on any atom is -0.490 e. The molecule has 0 saturated heterocycles. The number of hydrogen-bond acceptors (Lipinski definition) is 7. The summed E-state index contributed by atoms with van der Waals surface area (Å²) < 4.78 is 16.1. The number of rotatable bonds is 12. The van der Waals surface area contributed by atoms with Crippen LogP contribution in [0.1, 0.15) is 24.5 Å². The lowest BCUT2D eigenvalue weighted by Gasteiger charge is -2.13. The van der Waals surface area contributed by atoms with Gasteiger partial charge < -0.3 is 24.8 Å². The Morgan fingerprint density at radius 2 is 1.82 bits per heavy atom. The number of nitrogens with zero attached hydrogens (tertiary/aromatic N) is 1. The van der Waals surface area contributed by atoms with E-state index in [1.54, 1.807) is 25.3 Å². The van der Waals surface area contributed by atoms with E-state index in [9.17, 15) is 14.4 Å². The molecule has 0 atom stereocenters. The smallest absolute Gasteiger partial charge is 0.329 e. The van der Waals surface area contributed by atoms with Crippen LogP contribution in [-0.4, -0.2) is 57.4 Å². The second kappa shape index (κ2) is 14.3. The van der Waals surface area contributed by atoms with Crippen molar-refractivity contribution in [2.24, 2.45) is 5.10 Å². The van der Waals surface area contributed by atoms with Crippen molar-refractivity contribution < 1.29 is 28.6 Å². The number of hydrazone groups is 1. The number of para-hydroxylation sites is 1. The first-order valence-electron chi connectivity index (χ1n) is 10.8. The topological polar surface area (TPSA) is 127 Å². The number of anilines is 1. The molecule has 3 amide bonds. The van der Waals surface area contributed by atoms with E-state index in [2.05, 4.69) is 21.2 Å². The fourth-order valence-corrected chi connectivity index (χ4v) is 2.75. The summed E-state index contributed by atoms with van der Waals surface area (Å²) in [5.41, 5.74) is 4.44. The van der Waals surface area contributed by atoms with Crippen LogP contribution >= 0.6 is 0 Å². The van der Waals surface area contributed by atoms with E-state index >= 15 is 0 Å². The molecule has 2 rings (SSSR count). The molecular formula is C24H30N4O6. The first-order valence-corrected chi connectivity index (χ1v) is 10.8.